The molecule has 0 atom stereocenters. The Morgan fingerprint density at radius 3 is 2.78 bits per heavy atom. The molecule has 0 aliphatic carbocycles. The van der Waals surface area contributed by atoms with Crippen LogP contribution in [0.1, 0.15) is 5.56 Å². The second-order valence-corrected chi connectivity index (χ2v) is 3.69. The van der Waals surface area contributed by atoms with Gasteiger partial charge in [-0.25, -0.2) is 0 Å². The number of hydrogen-bond donors (Lipinski definition) is 1. The van der Waals surface area contributed by atoms with Crippen LogP contribution < -0.4 is 5.32 Å². The van der Waals surface area contributed by atoms with Crippen molar-refractivity contribution in [3.63, 3.8) is 0 Å². The summed E-state index contributed by atoms with van der Waals surface area (Å²) in [6.45, 7) is -0.167. The van der Waals surface area contributed by atoms with Crippen molar-refractivity contribution >= 4 is 16.7 Å². The molecule has 0 bridgehead atoms. The minimum Gasteiger partial charge on any atom is -0.344 e. The number of carbonyl (C=O) groups excluding carboxylic acids is 1. The third-order valence-electron chi connectivity index (χ3n) is 2.47. The Labute approximate surface area is 101 Å². The summed E-state index contributed by atoms with van der Waals surface area (Å²) in [7, 11) is 0. The molecule has 1 amide bonds. The molecular weight excluding hydrogens is 245 g/mol. The fourth-order valence-corrected chi connectivity index (χ4v) is 1.62. The molecule has 1 heterocycles. The zero-order valence-electron chi connectivity index (χ0n) is 9.16. The Morgan fingerprint density at radius 1 is 1.28 bits per heavy atom. The van der Waals surface area contributed by atoms with Crippen molar-refractivity contribution in [3.05, 3.63) is 42.2 Å². The summed E-state index contributed by atoms with van der Waals surface area (Å²) in [5, 5.41) is 3.44. The number of aromatic nitrogens is 1. The quantitative estimate of drug-likeness (QED) is 0.894. The minimum absolute atomic E-state index is 0.167. The monoisotopic (exact) mass is 254 g/mol. The molecule has 1 aromatic carbocycles. The van der Waals surface area contributed by atoms with Crippen LogP contribution in [0.2, 0.25) is 0 Å². The van der Waals surface area contributed by atoms with Crippen LogP contribution in [0.15, 0.2) is 36.7 Å². The van der Waals surface area contributed by atoms with E-state index in [1.54, 1.807) is 36.7 Å². The van der Waals surface area contributed by atoms with Crippen LogP contribution in [-0.4, -0.2) is 17.1 Å². The van der Waals surface area contributed by atoms with Gasteiger partial charge in [-0.15, -0.1) is 0 Å². The van der Waals surface area contributed by atoms with Gasteiger partial charge in [0.15, 0.2) is 0 Å². The molecule has 2 rings (SSSR count). The summed E-state index contributed by atoms with van der Waals surface area (Å²) in [5.74, 6) is -1.94. The van der Waals surface area contributed by atoms with Crippen molar-refractivity contribution in [1.29, 1.82) is 0 Å². The van der Waals surface area contributed by atoms with Gasteiger partial charge < -0.3 is 5.32 Å². The molecule has 6 heteroatoms. The van der Waals surface area contributed by atoms with Gasteiger partial charge in [0, 0.05) is 24.3 Å². The van der Waals surface area contributed by atoms with E-state index in [1.165, 1.54) is 0 Å². The van der Waals surface area contributed by atoms with Crippen LogP contribution in [0.4, 0.5) is 13.2 Å². The van der Waals surface area contributed by atoms with E-state index in [1.807, 2.05) is 5.32 Å². The lowest BCUT2D eigenvalue weighted by molar-refractivity contribution is -0.173. The highest BCUT2D eigenvalue weighted by Gasteiger charge is 2.38. The highest BCUT2D eigenvalue weighted by atomic mass is 19.4. The van der Waals surface area contributed by atoms with E-state index in [-0.39, 0.29) is 6.54 Å². The first-order chi connectivity index (χ1) is 8.48. The smallest absolute Gasteiger partial charge is 0.344 e. The van der Waals surface area contributed by atoms with Crippen LogP contribution in [0.25, 0.3) is 10.8 Å². The van der Waals surface area contributed by atoms with Crippen LogP contribution in [0.5, 0.6) is 0 Å². The summed E-state index contributed by atoms with van der Waals surface area (Å²) in [5.41, 5.74) is 0.618. The zero-order valence-corrected chi connectivity index (χ0v) is 9.16. The average Bonchev–Trinajstić information content (AvgIpc) is 2.34. The van der Waals surface area contributed by atoms with Crippen molar-refractivity contribution in [2.45, 2.75) is 12.7 Å². The molecule has 0 radical (unpaired) electrons. The number of amides is 1. The van der Waals surface area contributed by atoms with Gasteiger partial charge in [0.1, 0.15) is 0 Å². The number of nitrogens with one attached hydrogen (secondary N) is 1. The average molecular weight is 254 g/mol. The SMILES string of the molecule is O=C(NCc1cccc2cnccc12)C(F)(F)F. The topological polar surface area (TPSA) is 42.0 Å². The van der Waals surface area contributed by atoms with Crippen molar-refractivity contribution < 1.29 is 18.0 Å². The van der Waals surface area contributed by atoms with Gasteiger partial charge in [-0.2, -0.15) is 13.2 Å². The van der Waals surface area contributed by atoms with E-state index < -0.39 is 12.1 Å². The maximum absolute atomic E-state index is 12.0. The van der Waals surface area contributed by atoms with Gasteiger partial charge in [0.25, 0.3) is 0 Å². The van der Waals surface area contributed by atoms with E-state index in [0.717, 1.165) is 10.8 Å². The Kier molecular flexibility index (Phi) is 3.18. The lowest BCUT2D eigenvalue weighted by atomic mass is 10.1. The van der Waals surface area contributed by atoms with E-state index in [9.17, 15) is 18.0 Å². The molecule has 1 aromatic heterocycles. The first-order valence-corrected chi connectivity index (χ1v) is 5.15. The van der Waals surface area contributed by atoms with Gasteiger partial charge >= 0.3 is 12.1 Å². The molecule has 0 fully saturated rings. The first-order valence-electron chi connectivity index (χ1n) is 5.15. The number of benzene rings is 1. The lowest BCUT2D eigenvalue weighted by Gasteiger charge is -2.09. The van der Waals surface area contributed by atoms with Gasteiger partial charge in [-0.05, 0) is 17.0 Å². The molecule has 2 aromatic rings. The number of fused-ring (bicyclic) bond motifs is 1. The number of carbonyl (C=O) groups is 1. The number of pyridine rings is 1. The van der Waals surface area contributed by atoms with Crippen LogP contribution in [0.3, 0.4) is 0 Å². The van der Waals surface area contributed by atoms with E-state index in [4.69, 9.17) is 0 Å². The maximum atomic E-state index is 12.0. The second-order valence-electron chi connectivity index (χ2n) is 3.69. The number of nitrogens with zero attached hydrogens (tertiary/aromatic N) is 1. The standard InChI is InChI=1S/C12H9F3N2O/c13-12(14,15)11(18)17-7-9-3-1-2-8-6-16-5-4-10(8)9/h1-6H,7H2,(H,17,18). The third-order valence-corrected chi connectivity index (χ3v) is 2.47. The summed E-state index contributed by atoms with van der Waals surface area (Å²) in [4.78, 5) is 14.6. The van der Waals surface area contributed by atoms with Crippen molar-refractivity contribution in [2.75, 3.05) is 0 Å². The van der Waals surface area contributed by atoms with Gasteiger partial charge in [0.2, 0.25) is 0 Å². The van der Waals surface area contributed by atoms with Gasteiger partial charge in [0.05, 0.1) is 0 Å². The van der Waals surface area contributed by atoms with E-state index >= 15 is 0 Å². The maximum Gasteiger partial charge on any atom is 0.471 e. The van der Waals surface area contributed by atoms with E-state index in [2.05, 4.69) is 4.98 Å². The Bertz CT molecular complexity index is 576. The third kappa shape index (κ3) is 2.58. The van der Waals surface area contributed by atoms with Crippen LogP contribution in [-0.2, 0) is 11.3 Å². The Hall–Kier alpha value is -2.11. The lowest BCUT2D eigenvalue weighted by Crippen LogP contribution is -2.36. The number of alkyl halides is 3. The molecule has 0 saturated carbocycles. The summed E-state index contributed by atoms with van der Waals surface area (Å²) in [6.07, 6.45) is -1.69. The molecule has 3 nitrogen and oxygen atoms in total. The first kappa shape index (κ1) is 12.3. The summed E-state index contributed by atoms with van der Waals surface area (Å²) >= 11 is 0. The zero-order chi connectivity index (χ0) is 13.2. The van der Waals surface area contributed by atoms with Crippen molar-refractivity contribution in [2.24, 2.45) is 0 Å². The van der Waals surface area contributed by atoms with Gasteiger partial charge in [-0.1, -0.05) is 18.2 Å². The molecule has 0 unspecified atom stereocenters. The normalized spacial score (nSPS) is 11.5. The molecule has 0 saturated heterocycles. The predicted octanol–water partition coefficient (Wildman–Crippen LogP) is 2.41. The minimum atomic E-state index is -4.86. The molecule has 0 spiro atoms. The predicted molar refractivity (Wildman–Crippen MR) is 59.6 cm³/mol. The molecule has 1 N–H and O–H groups in total. The highest BCUT2D eigenvalue weighted by Crippen LogP contribution is 2.18. The fourth-order valence-electron chi connectivity index (χ4n) is 1.62. The molecule has 18 heavy (non-hydrogen) atoms. The highest BCUT2D eigenvalue weighted by molar-refractivity contribution is 5.86. The van der Waals surface area contributed by atoms with Crippen LogP contribution >= 0.6 is 0 Å². The van der Waals surface area contributed by atoms with Gasteiger partial charge in [-0.3, -0.25) is 9.78 Å². The summed E-state index contributed by atoms with van der Waals surface area (Å²) in [6, 6.07) is 6.87. The Morgan fingerprint density at radius 2 is 2.06 bits per heavy atom. The molecule has 94 valence electrons. The number of hydrogen-bond acceptors (Lipinski definition) is 2. The molecule has 0 aliphatic rings. The summed E-state index contributed by atoms with van der Waals surface area (Å²) < 4.78 is 36.1. The van der Waals surface area contributed by atoms with E-state index in [0.29, 0.717) is 5.56 Å². The van der Waals surface area contributed by atoms with Crippen molar-refractivity contribution in [3.8, 4) is 0 Å². The fraction of sp³-hybridized carbons (Fsp3) is 0.167. The number of rotatable bonds is 2. The van der Waals surface area contributed by atoms with Crippen LogP contribution in [0, 0.1) is 0 Å². The largest absolute Gasteiger partial charge is 0.471 e. The molecule has 0 aliphatic heterocycles. The second kappa shape index (κ2) is 4.64. The number of halogens is 3. The van der Waals surface area contributed by atoms with Crippen molar-refractivity contribution in [1.82, 2.24) is 10.3 Å². The Balaban J connectivity index is 2.20. The molecular formula is C12H9F3N2O.